The topological polar surface area (TPSA) is 25.8 Å². The van der Waals surface area contributed by atoms with Crippen molar-refractivity contribution < 1.29 is 0 Å². The Labute approximate surface area is 88.6 Å². The SMILES string of the molecule is C=CCSc1nc(Cl)ncc1Br. The van der Waals surface area contributed by atoms with Crippen LogP contribution in [0.5, 0.6) is 0 Å². The van der Waals surface area contributed by atoms with Gasteiger partial charge in [-0.2, -0.15) is 0 Å². The highest BCUT2D eigenvalue weighted by Gasteiger charge is 2.02. The van der Waals surface area contributed by atoms with Crippen LogP contribution < -0.4 is 0 Å². The van der Waals surface area contributed by atoms with Gasteiger partial charge in [0.1, 0.15) is 5.03 Å². The molecule has 0 aliphatic heterocycles. The van der Waals surface area contributed by atoms with Crippen molar-refractivity contribution in [1.29, 1.82) is 0 Å². The molecule has 1 heterocycles. The molecule has 5 heteroatoms. The van der Waals surface area contributed by atoms with Gasteiger partial charge in [0, 0.05) is 11.9 Å². The van der Waals surface area contributed by atoms with Gasteiger partial charge in [-0.3, -0.25) is 0 Å². The van der Waals surface area contributed by atoms with Crippen molar-refractivity contribution >= 4 is 39.3 Å². The van der Waals surface area contributed by atoms with Crippen molar-refractivity contribution in [3.05, 3.63) is 28.6 Å². The zero-order valence-corrected chi connectivity index (χ0v) is 9.29. The summed E-state index contributed by atoms with van der Waals surface area (Å²) in [6, 6.07) is 0. The van der Waals surface area contributed by atoms with Crippen LogP contribution in [0.3, 0.4) is 0 Å². The normalized spacial score (nSPS) is 9.83. The van der Waals surface area contributed by atoms with E-state index in [9.17, 15) is 0 Å². The average molecular weight is 266 g/mol. The highest BCUT2D eigenvalue weighted by Crippen LogP contribution is 2.25. The van der Waals surface area contributed by atoms with Gasteiger partial charge in [0.05, 0.1) is 4.47 Å². The van der Waals surface area contributed by atoms with E-state index in [2.05, 4.69) is 32.5 Å². The molecule has 0 atom stereocenters. The Morgan fingerprint density at radius 2 is 2.50 bits per heavy atom. The lowest BCUT2D eigenvalue weighted by atomic mass is 10.7. The zero-order valence-electron chi connectivity index (χ0n) is 6.13. The molecule has 0 fully saturated rings. The maximum Gasteiger partial charge on any atom is 0.223 e. The number of aromatic nitrogens is 2. The molecule has 1 aromatic rings. The van der Waals surface area contributed by atoms with Crippen molar-refractivity contribution in [2.24, 2.45) is 0 Å². The van der Waals surface area contributed by atoms with E-state index >= 15 is 0 Å². The van der Waals surface area contributed by atoms with E-state index in [-0.39, 0.29) is 5.28 Å². The Bertz CT molecular complexity index is 293. The van der Waals surface area contributed by atoms with Gasteiger partial charge in [0.15, 0.2) is 0 Å². The third-order valence-electron chi connectivity index (χ3n) is 1.02. The van der Waals surface area contributed by atoms with E-state index < -0.39 is 0 Å². The molecular weight excluding hydrogens is 260 g/mol. The van der Waals surface area contributed by atoms with Crippen molar-refractivity contribution in [1.82, 2.24) is 9.97 Å². The first-order valence-electron chi connectivity index (χ1n) is 3.15. The lowest BCUT2D eigenvalue weighted by Gasteiger charge is -1.99. The Morgan fingerprint density at radius 1 is 1.75 bits per heavy atom. The van der Waals surface area contributed by atoms with Gasteiger partial charge in [0.2, 0.25) is 5.28 Å². The maximum atomic E-state index is 5.61. The van der Waals surface area contributed by atoms with E-state index in [1.165, 1.54) is 0 Å². The minimum Gasteiger partial charge on any atom is -0.225 e. The molecule has 0 aliphatic carbocycles. The predicted molar refractivity (Wildman–Crippen MR) is 55.7 cm³/mol. The van der Waals surface area contributed by atoms with Gasteiger partial charge in [-0.05, 0) is 27.5 Å². The summed E-state index contributed by atoms with van der Waals surface area (Å²) in [4.78, 5) is 7.85. The monoisotopic (exact) mass is 264 g/mol. The van der Waals surface area contributed by atoms with Gasteiger partial charge >= 0.3 is 0 Å². The Balaban J connectivity index is 2.82. The summed E-state index contributed by atoms with van der Waals surface area (Å²) >= 11 is 10.5. The maximum absolute atomic E-state index is 5.61. The molecule has 0 radical (unpaired) electrons. The van der Waals surface area contributed by atoms with Crippen LogP contribution in [0.1, 0.15) is 0 Å². The summed E-state index contributed by atoms with van der Waals surface area (Å²) in [5, 5.41) is 1.11. The molecule has 1 rings (SSSR count). The second-order valence-corrected chi connectivity index (χ2v) is 4.09. The molecule has 64 valence electrons. The minimum atomic E-state index is 0.268. The van der Waals surface area contributed by atoms with E-state index in [1.54, 1.807) is 18.0 Å². The van der Waals surface area contributed by atoms with Crippen LogP contribution in [-0.4, -0.2) is 15.7 Å². The minimum absolute atomic E-state index is 0.268. The first-order valence-corrected chi connectivity index (χ1v) is 5.31. The average Bonchev–Trinajstić information content (AvgIpc) is 2.07. The van der Waals surface area contributed by atoms with E-state index in [4.69, 9.17) is 11.6 Å². The number of thioether (sulfide) groups is 1. The van der Waals surface area contributed by atoms with Gasteiger partial charge in [-0.1, -0.05) is 6.08 Å². The molecule has 0 spiro atoms. The van der Waals surface area contributed by atoms with Crippen molar-refractivity contribution in [2.45, 2.75) is 5.03 Å². The first kappa shape index (κ1) is 10.0. The fourth-order valence-corrected chi connectivity index (χ4v) is 1.91. The third kappa shape index (κ3) is 2.77. The largest absolute Gasteiger partial charge is 0.225 e. The van der Waals surface area contributed by atoms with Gasteiger partial charge in [0.25, 0.3) is 0 Å². The van der Waals surface area contributed by atoms with Crippen LogP contribution >= 0.6 is 39.3 Å². The Kier molecular flexibility index (Phi) is 4.05. The van der Waals surface area contributed by atoms with Gasteiger partial charge < -0.3 is 0 Å². The molecule has 1 aromatic heterocycles. The zero-order chi connectivity index (χ0) is 8.97. The lowest BCUT2D eigenvalue weighted by Crippen LogP contribution is -1.86. The second-order valence-electron chi connectivity index (χ2n) is 1.89. The lowest BCUT2D eigenvalue weighted by molar-refractivity contribution is 1.03. The van der Waals surface area contributed by atoms with Crippen LogP contribution in [0.2, 0.25) is 5.28 Å². The molecule has 0 saturated carbocycles. The summed E-state index contributed by atoms with van der Waals surface area (Å²) in [6.45, 7) is 3.62. The van der Waals surface area contributed by atoms with Crippen LogP contribution in [0.4, 0.5) is 0 Å². The molecular formula is C7H6BrClN2S. The Hall–Kier alpha value is -0.0600. The number of hydrogen-bond donors (Lipinski definition) is 0. The number of hydrogen-bond acceptors (Lipinski definition) is 3. The number of nitrogens with zero attached hydrogens (tertiary/aromatic N) is 2. The third-order valence-corrected chi connectivity index (χ3v) is 3.03. The highest BCUT2D eigenvalue weighted by molar-refractivity contribution is 9.10. The molecule has 0 saturated heterocycles. The fraction of sp³-hybridized carbons (Fsp3) is 0.143. The standard InChI is InChI=1S/C7H6BrClN2S/c1-2-3-12-6-5(8)4-10-7(9)11-6/h2,4H,1,3H2. The molecule has 0 amide bonds. The quantitative estimate of drug-likeness (QED) is 0.363. The predicted octanol–water partition coefficient (Wildman–Crippen LogP) is 3.17. The molecule has 0 bridgehead atoms. The van der Waals surface area contributed by atoms with Crippen LogP contribution in [0.25, 0.3) is 0 Å². The van der Waals surface area contributed by atoms with Gasteiger partial charge in [-0.25, -0.2) is 9.97 Å². The van der Waals surface area contributed by atoms with Crippen molar-refractivity contribution in [3.63, 3.8) is 0 Å². The van der Waals surface area contributed by atoms with E-state index in [0.717, 1.165) is 15.3 Å². The number of rotatable bonds is 3. The molecule has 0 unspecified atom stereocenters. The van der Waals surface area contributed by atoms with Crippen molar-refractivity contribution in [2.75, 3.05) is 5.75 Å². The van der Waals surface area contributed by atoms with Crippen LogP contribution in [0, 0.1) is 0 Å². The van der Waals surface area contributed by atoms with E-state index in [1.807, 2.05) is 6.08 Å². The molecule has 12 heavy (non-hydrogen) atoms. The van der Waals surface area contributed by atoms with E-state index in [0.29, 0.717) is 0 Å². The summed E-state index contributed by atoms with van der Waals surface area (Å²) < 4.78 is 0.860. The van der Waals surface area contributed by atoms with Crippen LogP contribution in [0.15, 0.2) is 28.4 Å². The number of halogens is 2. The molecule has 0 N–H and O–H groups in total. The highest BCUT2D eigenvalue weighted by atomic mass is 79.9. The molecule has 0 aromatic carbocycles. The molecule has 0 aliphatic rings. The van der Waals surface area contributed by atoms with Crippen molar-refractivity contribution in [3.8, 4) is 0 Å². The summed E-state index contributed by atoms with van der Waals surface area (Å²) in [7, 11) is 0. The summed E-state index contributed by atoms with van der Waals surface area (Å²) in [5.74, 6) is 0.811. The molecule has 2 nitrogen and oxygen atoms in total. The summed E-state index contributed by atoms with van der Waals surface area (Å²) in [6.07, 6.45) is 3.45. The second kappa shape index (κ2) is 4.84. The Morgan fingerprint density at radius 3 is 3.17 bits per heavy atom. The summed E-state index contributed by atoms with van der Waals surface area (Å²) in [5.41, 5.74) is 0. The van der Waals surface area contributed by atoms with Gasteiger partial charge in [-0.15, -0.1) is 18.3 Å². The van der Waals surface area contributed by atoms with Crippen LogP contribution in [-0.2, 0) is 0 Å². The fourth-order valence-electron chi connectivity index (χ4n) is 0.570. The smallest absolute Gasteiger partial charge is 0.223 e. The first-order chi connectivity index (χ1) is 5.74.